The maximum absolute atomic E-state index is 12.0. The third-order valence-electron chi connectivity index (χ3n) is 3.82. The van der Waals surface area contributed by atoms with Crippen LogP contribution in [0.5, 0.6) is 5.75 Å². The number of hydrogen-bond donors (Lipinski definition) is 1. The van der Waals surface area contributed by atoms with Crippen LogP contribution in [0, 0.1) is 20.8 Å². The molecule has 0 heterocycles. The predicted molar refractivity (Wildman–Crippen MR) is 102 cm³/mol. The number of methoxy groups -OCH3 is 1. The molecule has 0 atom stereocenters. The van der Waals surface area contributed by atoms with E-state index < -0.39 is 5.97 Å². The van der Waals surface area contributed by atoms with Gasteiger partial charge in [-0.25, -0.2) is 4.79 Å². The van der Waals surface area contributed by atoms with Gasteiger partial charge in [0.2, 0.25) is 0 Å². The van der Waals surface area contributed by atoms with Crippen LogP contribution in [-0.4, -0.2) is 25.6 Å². The van der Waals surface area contributed by atoms with Gasteiger partial charge in [0.1, 0.15) is 5.75 Å². The third-order valence-corrected chi connectivity index (χ3v) is 3.82. The monoisotopic (exact) mass is 353 g/mol. The van der Waals surface area contributed by atoms with Crippen molar-refractivity contribution in [3.8, 4) is 5.75 Å². The van der Waals surface area contributed by atoms with Crippen molar-refractivity contribution in [1.82, 2.24) is 0 Å². The standard InChI is InChI=1S/C21H23NO4/c1-14-11-15(2)21(16(3)12-14)22-19(23)13-26-20(24)10-9-17-7-5-6-8-18(17)25-4/h5-12H,13H2,1-4H3,(H,22,23)/b10-9+. The second-order valence-corrected chi connectivity index (χ2v) is 6.00. The fourth-order valence-electron chi connectivity index (χ4n) is 2.70. The van der Waals surface area contributed by atoms with E-state index in [0.717, 1.165) is 27.9 Å². The van der Waals surface area contributed by atoms with Crippen LogP contribution in [0.1, 0.15) is 22.3 Å². The smallest absolute Gasteiger partial charge is 0.331 e. The molecule has 0 spiro atoms. The van der Waals surface area contributed by atoms with Crippen molar-refractivity contribution >= 4 is 23.6 Å². The molecule has 0 radical (unpaired) electrons. The molecular weight excluding hydrogens is 330 g/mol. The summed E-state index contributed by atoms with van der Waals surface area (Å²) in [4.78, 5) is 23.9. The fourth-order valence-corrected chi connectivity index (χ4v) is 2.70. The van der Waals surface area contributed by atoms with Gasteiger partial charge in [-0.15, -0.1) is 0 Å². The van der Waals surface area contributed by atoms with Crippen LogP contribution in [-0.2, 0) is 14.3 Å². The number of carbonyl (C=O) groups is 2. The van der Waals surface area contributed by atoms with Crippen molar-refractivity contribution in [2.45, 2.75) is 20.8 Å². The van der Waals surface area contributed by atoms with E-state index in [9.17, 15) is 9.59 Å². The number of esters is 1. The molecule has 5 heteroatoms. The molecule has 0 aliphatic carbocycles. The predicted octanol–water partition coefficient (Wildman–Crippen LogP) is 3.82. The molecule has 0 aliphatic rings. The highest BCUT2D eigenvalue weighted by Gasteiger charge is 2.10. The number of amides is 1. The Labute approximate surface area is 153 Å². The van der Waals surface area contributed by atoms with Crippen LogP contribution in [0.2, 0.25) is 0 Å². The normalized spacial score (nSPS) is 10.6. The van der Waals surface area contributed by atoms with Gasteiger partial charge in [-0.3, -0.25) is 4.79 Å². The third kappa shape index (κ3) is 5.21. The molecule has 2 aromatic carbocycles. The second-order valence-electron chi connectivity index (χ2n) is 6.00. The minimum absolute atomic E-state index is 0.345. The van der Waals surface area contributed by atoms with E-state index in [0.29, 0.717) is 5.75 Å². The van der Waals surface area contributed by atoms with Crippen molar-refractivity contribution < 1.29 is 19.1 Å². The molecule has 0 unspecified atom stereocenters. The number of hydrogen-bond acceptors (Lipinski definition) is 4. The molecule has 0 saturated heterocycles. The number of para-hydroxylation sites is 1. The van der Waals surface area contributed by atoms with Crippen molar-refractivity contribution in [3.63, 3.8) is 0 Å². The zero-order valence-corrected chi connectivity index (χ0v) is 15.5. The minimum Gasteiger partial charge on any atom is -0.496 e. The van der Waals surface area contributed by atoms with Gasteiger partial charge in [-0.2, -0.15) is 0 Å². The summed E-state index contributed by atoms with van der Waals surface area (Å²) in [5, 5.41) is 2.79. The quantitative estimate of drug-likeness (QED) is 0.633. The molecule has 0 saturated carbocycles. The average molecular weight is 353 g/mol. The van der Waals surface area contributed by atoms with Gasteiger partial charge in [0.05, 0.1) is 7.11 Å². The molecule has 136 valence electrons. The summed E-state index contributed by atoms with van der Waals surface area (Å²) in [6, 6.07) is 11.3. The van der Waals surface area contributed by atoms with Crippen molar-refractivity contribution in [1.29, 1.82) is 0 Å². The molecule has 0 fully saturated rings. The lowest BCUT2D eigenvalue weighted by Gasteiger charge is -2.12. The number of nitrogens with one attached hydrogen (secondary N) is 1. The summed E-state index contributed by atoms with van der Waals surface area (Å²) in [5.74, 6) is -0.317. The highest BCUT2D eigenvalue weighted by Crippen LogP contribution is 2.22. The Morgan fingerprint density at radius 2 is 1.73 bits per heavy atom. The largest absolute Gasteiger partial charge is 0.496 e. The average Bonchev–Trinajstić information content (AvgIpc) is 2.61. The Balaban J connectivity index is 1.91. The topological polar surface area (TPSA) is 64.6 Å². The van der Waals surface area contributed by atoms with E-state index in [2.05, 4.69) is 5.32 Å². The molecule has 0 aromatic heterocycles. The fraction of sp³-hybridized carbons (Fsp3) is 0.238. The number of benzene rings is 2. The molecule has 2 rings (SSSR count). The zero-order valence-electron chi connectivity index (χ0n) is 15.5. The van der Waals surface area contributed by atoms with Crippen molar-refractivity contribution in [3.05, 3.63) is 64.7 Å². The molecule has 0 bridgehead atoms. The van der Waals surface area contributed by atoms with Crippen LogP contribution in [0.15, 0.2) is 42.5 Å². The van der Waals surface area contributed by atoms with Gasteiger partial charge >= 0.3 is 5.97 Å². The van der Waals surface area contributed by atoms with E-state index in [-0.39, 0.29) is 12.5 Å². The highest BCUT2D eigenvalue weighted by molar-refractivity contribution is 5.95. The first-order chi connectivity index (χ1) is 12.4. The number of ether oxygens (including phenoxy) is 2. The Bertz CT molecular complexity index is 817. The van der Waals surface area contributed by atoms with Crippen LogP contribution in [0.4, 0.5) is 5.69 Å². The van der Waals surface area contributed by atoms with E-state index in [1.54, 1.807) is 19.3 Å². The van der Waals surface area contributed by atoms with Crippen molar-refractivity contribution in [2.24, 2.45) is 0 Å². The van der Waals surface area contributed by atoms with Gasteiger partial charge in [0.15, 0.2) is 6.61 Å². The Kier molecular flexibility index (Phi) is 6.55. The van der Waals surface area contributed by atoms with Crippen molar-refractivity contribution in [2.75, 3.05) is 19.0 Å². The summed E-state index contributed by atoms with van der Waals surface area (Å²) in [5.41, 5.74) is 4.57. The SMILES string of the molecule is COc1ccccc1/C=C/C(=O)OCC(=O)Nc1c(C)cc(C)cc1C. The Hall–Kier alpha value is -3.08. The summed E-state index contributed by atoms with van der Waals surface area (Å²) in [6.07, 6.45) is 2.86. The van der Waals surface area contributed by atoms with E-state index in [1.165, 1.54) is 6.08 Å². The number of carbonyl (C=O) groups excluding carboxylic acids is 2. The summed E-state index contributed by atoms with van der Waals surface area (Å²) >= 11 is 0. The Morgan fingerprint density at radius 1 is 1.08 bits per heavy atom. The van der Waals surface area contributed by atoms with E-state index >= 15 is 0 Å². The van der Waals surface area contributed by atoms with Gasteiger partial charge in [-0.05, 0) is 44.0 Å². The second kappa shape index (κ2) is 8.85. The summed E-state index contributed by atoms with van der Waals surface area (Å²) in [7, 11) is 1.56. The first-order valence-electron chi connectivity index (χ1n) is 8.26. The van der Waals surface area contributed by atoms with Gasteiger partial charge in [-0.1, -0.05) is 35.9 Å². The van der Waals surface area contributed by atoms with Crippen LogP contribution in [0.3, 0.4) is 0 Å². The lowest BCUT2D eigenvalue weighted by Crippen LogP contribution is -2.21. The molecular formula is C21H23NO4. The summed E-state index contributed by atoms with van der Waals surface area (Å²) < 4.78 is 10.2. The molecule has 1 N–H and O–H groups in total. The number of rotatable bonds is 6. The molecule has 26 heavy (non-hydrogen) atoms. The molecule has 2 aromatic rings. The van der Waals surface area contributed by atoms with Crippen LogP contribution in [0.25, 0.3) is 6.08 Å². The summed E-state index contributed by atoms with van der Waals surface area (Å²) in [6.45, 7) is 5.51. The first-order valence-corrected chi connectivity index (χ1v) is 8.26. The number of aryl methyl sites for hydroxylation is 3. The zero-order chi connectivity index (χ0) is 19.1. The van der Waals surface area contributed by atoms with E-state index in [4.69, 9.17) is 9.47 Å². The Morgan fingerprint density at radius 3 is 2.38 bits per heavy atom. The van der Waals surface area contributed by atoms with Gasteiger partial charge < -0.3 is 14.8 Å². The van der Waals surface area contributed by atoms with E-state index in [1.807, 2.05) is 51.1 Å². The lowest BCUT2D eigenvalue weighted by atomic mass is 10.1. The molecule has 5 nitrogen and oxygen atoms in total. The maximum atomic E-state index is 12.0. The maximum Gasteiger partial charge on any atom is 0.331 e. The van der Waals surface area contributed by atoms with Crippen LogP contribution < -0.4 is 10.1 Å². The minimum atomic E-state index is -0.594. The number of anilines is 1. The highest BCUT2D eigenvalue weighted by atomic mass is 16.5. The first kappa shape index (κ1) is 19.2. The van der Waals surface area contributed by atoms with Gasteiger partial charge in [0, 0.05) is 17.3 Å². The molecule has 0 aliphatic heterocycles. The molecule has 1 amide bonds. The van der Waals surface area contributed by atoms with Gasteiger partial charge in [0.25, 0.3) is 5.91 Å². The van der Waals surface area contributed by atoms with Crippen LogP contribution >= 0.6 is 0 Å². The lowest BCUT2D eigenvalue weighted by molar-refractivity contribution is -0.142.